The highest BCUT2D eigenvalue weighted by atomic mass is 16.5. The summed E-state index contributed by atoms with van der Waals surface area (Å²) in [6.45, 7) is 10.1. The van der Waals surface area contributed by atoms with Crippen molar-refractivity contribution in [1.29, 1.82) is 0 Å². The van der Waals surface area contributed by atoms with Gasteiger partial charge in [-0.1, -0.05) is 13.3 Å². The van der Waals surface area contributed by atoms with Crippen molar-refractivity contribution in [2.75, 3.05) is 33.3 Å². The number of likely N-dealkylation sites (N-methyl/N-ethyl adjacent to an activating group) is 1. The molecule has 0 aromatic heterocycles. The molecule has 2 unspecified atom stereocenters. The number of hydrogen-bond donors (Lipinski definition) is 1. The molecule has 0 aromatic carbocycles. The zero-order chi connectivity index (χ0) is 15.0. The van der Waals surface area contributed by atoms with E-state index in [0.717, 1.165) is 25.3 Å². The minimum Gasteiger partial charge on any atom is -0.465 e. The first-order chi connectivity index (χ1) is 9.55. The molecule has 118 valence electrons. The second-order valence-corrected chi connectivity index (χ2v) is 6.15. The molecule has 1 heterocycles. The number of esters is 1. The van der Waals surface area contributed by atoms with E-state index in [9.17, 15) is 4.79 Å². The predicted molar refractivity (Wildman–Crippen MR) is 82.8 cm³/mol. The first-order valence-electron chi connectivity index (χ1n) is 8.14. The lowest BCUT2D eigenvalue weighted by Crippen LogP contribution is -2.49. The van der Waals surface area contributed by atoms with E-state index in [1.54, 1.807) is 0 Å². The molecule has 0 saturated carbocycles. The van der Waals surface area contributed by atoms with E-state index in [0.29, 0.717) is 6.61 Å². The maximum absolute atomic E-state index is 12.0. The van der Waals surface area contributed by atoms with Gasteiger partial charge in [0.1, 0.15) is 5.54 Å². The van der Waals surface area contributed by atoms with Gasteiger partial charge in [-0.05, 0) is 65.6 Å². The van der Waals surface area contributed by atoms with E-state index in [1.165, 1.54) is 32.4 Å². The highest BCUT2D eigenvalue weighted by molar-refractivity contribution is 5.80. The fourth-order valence-electron chi connectivity index (χ4n) is 3.04. The van der Waals surface area contributed by atoms with Crippen LogP contribution >= 0.6 is 0 Å². The average molecular weight is 284 g/mol. The first kappa shape index (κ1) is 17.4. The standard InChI is InChI=1S/C16H32N2O2/c1-5-8-14-9-12-18(13-14)11-7-10-16(3,17-4)15(19)20-6-2/h14,17H,5-13H2,1-4H3. The molecule has 0 amide bonds. The van der Waals surface area contributed by atoms with Crippen LogP contribution in [-0.2, 0) is 9.53 Å². The molecule has 0 bridgehead atoms. The quantitative estimate of drug-likeness (QED) is 0.660. The van der Waals surface area contributed by atoms with Crippen molar-refractivity contribution in [3.05, 3.63) is 0 Å². The highest BCUT2D eigenvalue weighted by Crippen LogP contribution is 2.22. The summed E-state index contributed by atoms with van der Waals surface area (Å²) in [6.07, 6.45) is 5.86. The Bertz CT molecular complexity index is 296. The van der Waals surface area contributed by atoms with E-state index in [1.807, 2.05) is 20.9 Å². The lowest BCUT2D eigenvalue weighted by Gasteiger charge is -2.27. The van der Waals surface area contributed by atoms with Gasteiger partial charge >= 0.3 is 5.97 Å². The van der Waals surface area contributed by atoms with Crippen LogP contribution in [0.2, 0.25) is 0 Å². The normalized spacial score (nSPS) is 22.7. The van der Waals surface area contributed by atoms with Crippen LogP contribution in [0.1, 0.15) is 52.9 Å². The van der Waals surface area contributed by atoms with Crippen molar-refractivity contribution >= 4 is 5.97 Å². The van der Waals surface area contributed by atoms with E-state index in [4.69, 9.17) is 4.74 Å². The molecular weight excluding hydrogens is 252 g/mol. The molecule has 0 aromatic rings. The first-order valence-corrected chi connectivity index (χ1v) is 8.14. The van der Waals surface area contributed by atoms with E-state index < -0.39 is 5.54 Å². The molecule has 0 aliphatic carbocycles. The summed E-state index contributed by atoms with van der Waals surface area (Å²) in [5, 5.41) is 3.12. The van der Waals surface area contributed by atoms with Gasteiger partial charge in [0.25, 0.3) is 0 Å². The molecular formula is C16H32N2O2. The summed E-state index contributed by atoms with van der Waals surface area (Å²) < 4.78 is 5.15. The molecule has 2 atom stereocenters. The lowest BCUT2D eigenvalue weighted by atomic mass is 9.96. The van der Waals surface area contributed by atoms with Crippen molar-refractivity contribution in [2.45, 2.75) is 58.4 Å². The minimum absolute atomic E-state index is 0.132. The lowest BCUT2D eigenvalue weighted by molar-refractivity contribution is -0.150. The van der Waals surface area contributed by atoms with Gasteiger partial charge in [0, 0.05) is 6.54 Å². The molecule has 0 radical (unpaired) electrons. The molecule has 20 heavy (non-hydrogen) atoms. The van der Waals surface area contributed by atoms with Crippen molar-refractivity contribution in [1.82, 2.24) is 10.2 Å². The Morgan fingerprint density at radius 2 is 2.20 bits per heavy atom. The Balaban J connectivity index is 2.30. The van der Waals surface area contributed by atoms with Gasteiger partial charge in [-0.3, -0.25) is 4.79 Å². The minimum atomic E-state index is -0.543. The number of carbonyl (C=O) groups is 1. The summed E-state index contributed by atoms with van der Waals surface area (Å²) in [5.41, 5.74) is -0.543. The number of carbonyl (C=O) groups excluding carboxylic acids is 1. The largest absolute Gasteiger partial charge is 0.465 e. The zero-order valence-electron chi connectivity index (χ0n) is 13.7. The topological polar surface area (TPSA) is 41.6 Å². The SMILES string of the molecule is CCCC1CCN(CCCC(C)(NC)C(=O)OCC)C1. The van der Waals surface area contributed by atoms with Gasteiger partial charge in [-0.2, -0.15) is 0 Å². The Morgan fingerprint density at radius 1 is 1.45 bits per heavy atom. The zero-order valence-corrected chi connectivity index (χ0v) is 13.7. The molecule has 1 rings (SSSR count). The Labute approximate surface area is 124 Å². The van der Waals surface area contributed by atoms with Crippen LogP contribution in [0.25, 0.3) is 0 Å². The predicted octanol–water partition coefficient (Wildman–Crippen LogP) is 2.43. The van der Waals surface area contributed by atoms with Gasteiger partial charge < -0.3 is 15.0 Å². The molecule has 1 fully saturated rings. The number of ether oxygens (including phenoxy) is 1. The fraction of sp³-hybridized carbons (Fsp3) is 0.938. The molecule has 1 aliphatic rings. The van der Waals surface area contributed by atoms with Crippen molar-refractivity contribution in [3.63, 3.8) is 0 Å². The van der Waals surface area contributed by atoms with Crippen LogP contribution in [0.3, 0.4) is 0 Å². The number of likely N-dealkylation sites (tertiary alicyclic amines) is 1. The van der Waals surface area contributed by atoms with Crippen LogP contribution in [0.5, 0.6) is 0 Å². The third-order valence-corrected chi connectivity index (χ3v) is 4.50. The third kappa shape index (κ3) is 5.06. The number of hydrogen-bond acceptors (Lipinski definition) is 4. The van der Waals surface area contributed by atoms with E-state index in [-0.39, 0.29) is 5.97 Å². The summed E-state index contributed by atoms with van der Waals surface area (Å²) in [7, 11) is 1.84. The Hall–Kier alpha value is -0.610. The monoisotopic (exact) mass is 284 g/mol. The molecule has 0 spiro atoms. The van der Waals surface area contributed by atoms with Crippen LogP contribution in [0.4, 0.5) is 0 Å². The summed E-state index contributed by atoms with van der Waals surface area (Å²) in [5.74, 6) is 0.758. The second kappa shape index (κ2) is 8.63. The molecule has 1 N–H and O–H groups in total. The molecule has 4 heteroatoms. The smallest absolute Gasteiger partial charge is 0.326 e. The van der Waals surface area contributed by atoms with E-state index in [2.05, 4.69) is 17.1 Å². The fourth-order valence-corrected chi connectivity index (χ4v) is 3.04. The van der Waals surface area contributed by atoms with Gasteiger partial charge in [0.2, 0.25) is 0 Å². The van der Waals surface area contributed by atoms with Gasteiger partial charge in [0.15, 0.2) is 0 Å². The number of nitrogens with zero attached hydrogens (tertiary/aromatic N) is 1. The van der Waals surface area contributed by atoms with Crippen molar-refractivity contribution in [3.8, 4) is 0 Å². The van der Waals surface area contributed by atoms with Gasteiger partial charge in [0.05, 0.1) is 6.61 Å². The summed E-state index contributed by atoms with van der Waals surface area (Å²) >= 11 is 0. The van der Waals surface area contributed by atoms with Crippen LogP contribution < -0.4 is 5.32 Å². The second-order valence-electron chi connectivity index (χ2n) is 6.15. The van der Waals surface area contributed by atoms with Crippen molar-refractivity contribution < 1.29 is 9.53 Å². The molecule has 1 saturated heterocycles. The summed E-state index contributed by atoms with van der Waals surface area (Å²) in [6, 6.07) is 0. The third-order valence-electron chi connectivity index (χ3n) is 4.50. The summed E-state index contributed by atoms with van der Waals surface area (Å²) in [4.78, 5) is 14.5. The van der Waals surface area contributed by atoms with Crippen molar-refractivity contribution in [2.24, 2.45) is 5.92 Å². The maximum Gasteiger partial charge on any atom is 0.326 e. The van der Waals surface area contributed by atoms with Crippen LogP contribution in [0, 0.1) is 5.92 Å². The molecule has 1 aliphatic heterocycles. The highest BCUT2D eigenvalue weighted by Gasteiger charge is 2.32. The average Bonchev–Trinajstić information content (AvgIpc) is 2.87. The number of nitrogens with one attached hydrogen (secondary N) is 1. The van der Waals surface area contributed by atoms with Crippen LogP contribution in [0.15, 0.2) is 0 Å². The number of rotatable bonds is 9. The Kier molecular flexibility index (Phi) is 7.52. The maximum atomic E-state index is 12.0. The Morgan fingerprint density at radius 3 is 2.80 bits per heavy atom. The van der Waals surface area contributed by atoms with Crippen LogP contribution in [-0.4, -0.2) is 49.7 Å². The van der Waals surface area contributed by atoms with Gasteiger partial charge in [-0.15, -0.1) is 0 Å². The van der Waals surface area contributed by atoms with E-state index >= 15 is 0 Å². The molecule has 4 nitrogen and oxygen atoms in total. The van der Waals surface area contributed by atoms with Gasteiger partial charge in [-0.25, -0.2) is 0 Å².